The lowest BCUT2D eigenvalue weighted by molar-refractivity contribution is -0.157. The fourth-order valence-corrected chi connectivity index (χ4v) is 5.52. The summed E-state index contributed by atoms with van der Waals surface area (Å²) in [7, 11) is 0. The topological polar surface area (TPSA) is 142 Å². The van der Waals surface area contributed by atoms with Crippen molar-refractivity contribution in [2.45, 2.75) is 47.8 Å². The molecule has 3 heterocycles. The van der Waals surface area contributed by atoms with Gasteiger partial charge in [-0.1, -0.05) is 23.7 Å². The van der Waals surface area contributed by atoms with Crippen molar-refractivity contribution >= 4 is 46.2 Å². The van der Waals surface area contributed by atoms with Crippen LogP contribution < -0.4 is 11.1 Å². The fourth-order valence-electron chi connectivity index (χ4n) is 5.30. The molecular formula is C33H37ClN6O5. The van der Waals surface area contributed by atoms with Crippen LogP contribution in [-0.4, -0.2) is 63.9 Å². The average Bonchev–Trinajstić information content (AvgIpc) is 3.33. The van der Waals surface area contributed by atoms with Gasteiger partial charge in [-0.2, -0.15) is 5.10 Å². The molecule has 1 fully saturated rings. The number of nitrogens with two attached hydrogens (primary N) is 1. The summed E-state index contributed by atoms with van der Waals surface area (Å²) in [4.78, 5) is 44.7. The molecule has 0 aliphatic carbocycles. The number of hydrogen-bond acceptors (Lipinski definition) is 7. The summed E-state index contributed by atoms with van der Waals surface area (Å²) >= 11 is 6.26. The summed E-state index contributed by atoms with van der Waals surface area (Å²) in [5.74, 6) is -1.01. The van der Waals surface area contributed by atoms with Gasteiger partial charge in [0.05, 0.1) is 35.6 Å². The number of carbonyl (C=O) groups excluding carboxylic acids is 3. The summed E-state index contributed by atoms with van der Waals surface area (Å²) in [5.41, 5.74) is 10.8. The van der Waals surface area contributed by atoms with Crippen LogP contribution in [0.3, 0.4) is 0 Å². The summed E-state index contributed by atoms with van der Waals surface area (Å²) in [6.07, 6.45) is 2.15. The predicted octanol–water partition coefficient (Wildman–Crippen LogP) is 5.47. The number of pyridine rings is 1. The van der Waals surface area contributed by atoms with E-state index in [2.05, 4.69) is 5.32 Å². The first-order chi connectivity index (χ1) is 21.3. The Hall–Kier alpha value is -4.48. The number of aryl methyl sites for hydroxylation is 1. The number of aromatic nitrogens is 3. The molecule has 12 heteroatoms. The number of anilines is 1. The van der Waals surface area contributed by atoms with Crippen LogP contribution in [0.1, 0.15) is 53.5 Å². The number of primary amides is 1. The third kappa shape index (κ3) is 6.94. The van der Waals surface area contributed by atoms with Gasteiger partial charge in [-0.15, -0.1) is 0 Å². The number of carbonyl (C=O) groups is 3. The van der Waals surface area contributed by atoms with Gasteiger partial charge in [0.15, 0.2) is 12.4 Å². The first-order valence-electron chi connectivity index (χ1n) is 14.7. The highest BCUT2D eigenvalue weighted by Crippen LogP contribution is 2.35. The van der Waals surface area contributed by atoms with Gasteiger partial charge >= 0.3 is 12.0 Å². The molecule has 45 heavy (non-hydrogen) atoms. The van der Waals surface area contributed by atoms with Gasteiger partial charge in [0.25, 0.3) is 5.91 Å². The van der Waals surface area contributed by atoms with Crippen molar-refractivity contribution in [1.29, 1.82) is 0 Å². The number of nitrogens with one attached hydrogen (secondary N) is 1. The molecule has 2 aromatic carbocycles. The highest BCUT2D eigenvalue weighted by Gasteiger charge is 2.26. The number of amides is 3. The number of esters is 1. The highest BCUT2D eigenvalue weighted by molar-refractivity contribution is 6.30. The van der Waals surface area contributed by atoms with Crippen LogP contribution in [0.25, 0.3) is 22.2 Å². The van der Waals surface area contributed by atoms with Gasteiger partial charge in [-0.25, -0.2) is 14.5 Å². The molecule has 3 N–H and O–H groups in total. The third-order valence-corrected chi connectivity index (χ3v) is 7.96. The van der Waals surface area contributed by atoms with E-state index in [-0.39, 0.29) is 24.3 Å². The van der Waals surface area contributed by atoms with Crippen molar-refractivity contribution in [2.24, 2.45) is 11.1 Å². The molecule has 0 unspecified atom stereocenters. The lowest BCUT2D eigenvalue weighted by atomic mass is 9.92. The largest absolute Gasteiger partial charge is 0.442 e. The highest BCUT2D eigenvalue weighted by atomic mass is 35.5. The molecule has 0 radical (unpaired) electrons. The fraction of sp³-hybridized carbons (Fsp3) is 0.364. The minimum Gasteiger partial charge on any atom is -0.442 e. The van der Waals surface area contributed by atoms with Crippen LogP contribution in [0.15, 0.2) is 42.6 Å². The van der Waals surface area contributed by atoms with E-state index in [9.17, 15) is 14.4 Å². The van der Waals surface area contributed by atoms with E-state index in [4.69, 9.17) is 36.9 Å². The first kappa shape index (κ1) is 31.9. The zero-order valence-electron chi connectivity index (χ0n) is 26.1. The zero-order chi connectivity index (χ0) is 32.5. The molecule has 5 rings (SSSR count). The molecule has 2 aromatic heterocycles. The number of rotatable bonds is 7. The van der Waals surface area contributed by atoms with Crippen LogP contribution in [0.2, 0.25) is 5.02 Å². The normalized spacial score (nSPS) is 13.6. The van der Waals surface area contributed by atoms with E-state index in [1.807, 2.05) is 43.3 Å². The van der Waals surface area contributed by atoms with Crippen LogP contribution in [-0.2, 0) is 27.4 Å². The maximum absolute atomic E-state index is 13.0. The van der Waals surface area contributed by atoms with Gasteiger partial charge in [0.2, 0.25) is 0 Å². The number of halogens is 1. The molecule has 1 aliphatic rings. The van der Waals surface area contributed by atoms with E-state index >= 15 is 0 Å². The second-order valence-corrected chi connectivity index (χ2v) is 12.6. The first-order valence-corrected chi connectivity index (χ1v) is 15.1. The molecule has 0 saturated carbocycles. The summed E-state index contributed by atoms with van der Waals surface area (Å²) < 4.78 is 12.5. The van der Waals surface area contributed by atoms with Crippen LogP contribution in [0.4, 0.5) is 10.5 Å². The van der Waals surface area contributed by atoms with E-state index in [1.165, 1.54) is 0 Å². The van der Waals surface area contributed by atoms with Crippen molar-refractivity contribution in [3.05, 3.63) is 75.6 Å². The monoisotopic (exact) mass is 632 g/mol. The van der Waals surface area contributed by atoms with Crippen molar-refractivity contribution in [1.82, 2.24) is 19.7 Å². The standard InChI is InChI=1S/C33H37ClN6O5/c1-19-13-24(20(2)27(29(35)41)28(19)37-32(43)39-9-11-44-12-10-39)22-16-25-26(15-21-7-6-8-23(34)14-21)38-40(30(25)36-17-22)18-45-31(42)33(3,4)5/h6-8,13-14,16-17H,9-12,15,18H2,1-5H3,(H2,35,41)(H,37,43). The second-order valence-electron chi connectivity index (χ2n) is 12.2. The molecule has 0 atom stereocenters. The second kappa shape index (κ2) is 12.9. The molecule has 11 nitrogen and oxygen atoms in total. The quantitative estimate of drug-likeness (QED) is 0.257. The number of nitrogens with zero attached hydrogens (tertiary/aromatic N) is 4. The number of morpholine rings is 1. The van der Waals surface area contributed by atoms with Gasteiger partial charge in [0.1, 0.15) is 0 Å². The van der Waals surface area contributed by atoms with Crippen molar-refractivity contribution < 1.29 is 23.9 Å². The molecular weight excluding hydrogens is 596 g/mol. The lowest BCUT2D eigenvalue weighted by Crippen LogP contribution is -2.43. The molecule has 1 saturated heterocycles. The van der Waals surface area contributed by atoms with E-state index in [0.717, 1.165) is 22.1 Å². The Kier molecular flexibility index (Phi) is 9.13. The smallest absolute Gasteiger partial charge is 0.322 e. The Morgan fingerprint density at radius 1 is 1.11 bits per heavy atom. The van der Waals surface area contributed by atoms with Gasteiger partial charge < -0.3 is 25.4 Å². The Balaban J connectivity index is 1.57. The van der Waals surface area contributed by atoms with E-state index < -0.39 is 11.3 Å². The molecule has 236 valence electrons. The number of benzene rings is 2. The Labute approximate surface area is 266 Å². The molecule has 3 amide bonds. The number of urea groups is 1. The maximum atomic E-state index is 13.0. The number of ether oxygens (including phenoxy) is 2. The number of fused-ring (bicyclic) bond motifs is 1. The number of hydrogen-bond donors (Lipinski definition) is 2. The van der Waals surface area contributed by atoms with Crippen molar-refractivity contribution in [3.8, 4) is 11.1 Å². The van der Waals surface area contributed by atoms with Crippen molar-refractivity contribution in [3.63, 3.8) is 0 Å². The Bertz CT molecular complexity index is 1790. The summed E-state index contributed by atoms with van der Waals surface area (Å²) in [5, 5.41) is 9.05. The Morgan fingerprint density at radius 3 is 2.51 bits per heavy atom. The van der Waals surface area contributed by atoms with Crippen molar-refractivity contribution in [2.75, 3.05) is 31.6 Å². The third-order valence-electron chi connectivity index (χ3n) is 7.73. The molecule has 4 aromatic rings. The summed E-state index contributed by atoms with van der Waals surface area (Å²) in [6.45, 7) is 10.7. The molecule has 1 aliphatic heterocycles. The Morgan fingerprint density at radius 2 is 1.84 bits per heavy atom. The SMILES string of the molecule is Cc1cc(-c2cnc3c(c2)c(Cc2cccc(Cl)c2)nn3COC(=O)C(C)(C)C)c(C)c(C(N)=O)c1NC(=O)N1CCOCC1. The average molecular weight is 633 g/mol. The zero-order valence-corrected chi connectivity index (χ0v) is 26.8. The van der Waals surface area contributed by atoms with Gasteiger partial charge in [-0.3, -0.25) is 9.59 Å². The molecule has 0 spiro atoms. The van der Waals surface area contributed by atoms with Crippen LogP contribution in [0.5, 0.6) is 0 Å². The van der Waals surface area contributed by atoms with Crippen LogP contribution in [0, 0.1) is 19.3 Å². The van der Waals surface area contributed by atoms with E-state index in [1.54, 1.807) is 43.5 Å². The van der Waals surface area contributed by atoms with E-state index in [0.29, 0.717) is 65.9 Å². The maximum Gasteiger partial charge on any atom is 0.322 e. The molecule has 0 bridgehead atoms. The predicted molar refractivity (Wildman–Crippen MR) is 172 cm³/mol. The minimum atomic E-state index is -0.672. The van der Waals surface area contributed by atoms with Gasteiger partial charge in [-0.05, 0) is 81.1 Å². The minimum absolute atomic E-state index is 0.101. The summed E-state index contributed by atoms with van der Waals surface area (Å²) in [6, 6.07) is 11.1. The van der Waals surface area contributed by atoms with Crippen LogP contribution >= 0.6 is 11.6 Å². The van der Waals surface area contributed by atoms with Gasteiger partial charge in [0, 0.05) is 41.7 Å². The lowest BCUT2D eigenvalue weighted by Gasteiger charge is -2.28.